The van der Waals surface area contributed by atoms with Crippen LogP contribution in [-0.4, -0.2) is 25.3 Å². The molecule has 3 amide bonds. The van der Waals surface area contributed by atoms with Gasteiger partial charge in [-0.1, -0.05) is 18.2 Å². The van der Waals surface area contributed by atoms with Crippen LogP contribution in [0.5, 0.6) is 0 Å². The van der Waals surface area contributed by atoms with Gasteiger partial charge in [-0.3, -0.25) is 24.9 Å². The van der Waals surface area contributed by atoms with Crippen molar-refractivity contribution in [2.45, 2.75) is 24.3 Å². The molecule has 0 bridgehead atoms. The number of amides is 3. The molecule has 0 aliphatic carbocycles. The van der Waals surface area contributed by atoms with Gasteiger partial charge in [0.25, 0.3) is 21.6 Å². The summed E-state index contributed by atoms with van der Waals surface area (Å²) >= 11 is 0. The van der Waals surface area contributed by atoms with Gasteiger partial charge < -0.3 is 5.32 Å². The van der Waals surface area contributed by atoms with E-state index in [-0.39, 0.29) is 16.3 Å². The van der Waals surface area contributed by atoms with Crippen LogP contribution in [0.1, 0.15) is 18.1 Å². The highest BCUT2D eigenvalue weighted by molar-refractivity contribution is 7.92. The highest BCUT2D eigenvalue weighted by Crippen LogP contribution is 2.27. The summed E-state index contributed by atoms with van der Waals surface area (Å²) in [4.78, 5) is 33.4. The molecule has 1 aliphatic heterocycles. The first-order valence-electron chi connectivity index (χ1n) is 8.05. The number of nitrogens with zero attached hydrogens (tertiary/aromatic N) is 1. The van der Waals surface area contributed by atoms with E-state index < -0.39 is 32.4 Å². The van der Waals surface area contributed by atoms with E-state index >= 15 is 0 Å². The number of urea groups is 1. The monoisotopic (exact) mass is 404 g/mol. The van der Waals surface area contributed by atoms with Gasteiger partial charge in [-0.15, -0.1) is 0 Å². The fraction of sp³-hybridized carbons (Fsp3) is 0.176. The maximum absolute atomic E-state index is 12.6. The Bertz CT molecular complexity index is 1100. The van der Waals surface area contributed by atoms with Crippen LogP contribution >= 0.6 is 0 Å². The Kier molecular flexibility index (Phi) is 4.55. The number of non-ortho nitro benzene ring substituents is 1. The highest BCUT2D eigenvalue weighted by atomic mass is 32.2. The molecule has 1 aliphatic rings. The van der Waals surface area contributed by atoms with Crippen LogP contribution in [0, 0.1) is 17.0 Å². The van der Waals surface area contributed by atoms with Crippen LogP contribution in [0.4, 0.5) is 16.2 Å². The van der Waals surface area contributed by atoms with Crippen molar-refractivity contribution in [3.8, 4) is 0 Å². The topological polar surface area (TPSA) is 148 Å². The molecule has 1 atom stereocenters. The fourth-order valence-corrected chi connectivity index (χ4v) is 4.14. The third-order valence-electron chi connectivity index (χ3n) is 4.43. The van der Waals surface area contributed by atoms with Crippen LogP contribution in [0.3, 0.4) is 0 Å². The molecular weight excluding hydrogens is 388 g/mol. The second-order valence-electron chi connectivity index (χ2n) is 6.42. The molecule has 28 heavy (non-hydrogen) atoms. The number of nitro benzene ring substituents is 1. The molecule has 1 saturated heterocycles. The summed E-state index contributed by atoms with van der Waals surface area (Å²) in [6.07, 6.45) is 0. The van der Waals surface area contributed by atoms with Crippen molar-refractivity contribution in [1.29, 1.82) is 0 Å². The Hall–Kier alpha value is -3.47. The van der Waals surface area contributed by atoms with Crippen LogP contribution in [0.2, 0.25) is 0 Å². The lowest BCUT2D eigenvalue weighted by molar-refractivity contribution is -0.385. The molecule has 2 aromatic rings. The second kappa shape index (κ2) is 6.60. The Morgan fingerprint density at radius 1 is 1.11 bits per heavy atom. The third-order valence-corrected chi connectivity index (χ3v) is 5.95. The molecule has 0 spiro atoms. The van der Waals surface area contributed by atoms with Gasteiger partial charge in [0.15, 0.2) is 0 Å². The van der Waals surface area contributed by atoms with Crippen molar-refractivity contribution in [2.75, 3.05) is 4.72 Å². The normalized spacial score (nSPS) is 19.1. The van der Waals surface area contributed by atoms with Gasteiger partial charge in [-0.2, -0.15) is 0 Å². The predicted molar refractivity (Wildman–Crippen MR) is 99.1 cm³/mol. The number of aryl methyl sites for hydroxylation is 1. The molecule has 1 fully saturated rings. The number of hydrogen-bond donors (Lipinski definition) is 3. The molecule has 10 nitrogen and oxygen atoms in total. The number of sulfonamides is 1. The van der Waals surface area contributed by atoms with E-state index in [0.717, 1.165) is 6.07 Å². The Morgan fingerprint density at radius 2 is 1.75 bits per heavy atom. The van der Waals surface area contributed by atoms with Crippen LogP contribution < -0.4 is 15.4 Å². The van der Waals surface area contributed by atoms with Gasteiger partial charge >= 0.3 is 6.03 Å². The number of imide groups is 1. The minimum absolute atomic E-state index is 0.197. The van der Waals surface area contributed by atoms with Crippen molar-refractivity contribution in [2.24, 2.45) is 0 Å². The first-order chi connectivity index (χ1) is 13.0. The Balaban J connectivity index is 1.88. The smallest absolute Gasteiger partial charge is 0.320 e. The molecule has 0 unspecified atom stereocenters. The van der Waals surface area contributed by atoms with Crippen LogP contribution in [-0.2, 0) is 20.4 Å². The van der Waals surface area contributed by atoms with Crippen molar-refractivity contribution in [1.82, 2.24) is 10.6 Å². The third kappa shape index (κ3) is 3.39. The predicted octanol–water partition coefficient (Wildman–Crippen LogP) is 1.76. The lowest BCUT2D eigenvalue weighted by Gasteiger charge is -2.21. The number of nitrogens with one attached hydrogen (secondary N) is 3. The quantitative estimate of drug-likeness (QED) is 0.393. The molecule has 11 heteroatoms. The molecular formula is C17H16N4O6S. The number of carbonyl (C=O) groups is 2. The zero-order valence-corrected chi connectivity index (χ0v) is 15.7. The van der Waals surface area contributed by atoms with Crippen molar-refractivity contribution < 1.29 is 22.9 Å². The van der Waals surface area contributed by atoms with E-state index in [1.165, 1.54) is 50.2 Å². The minimum atomic E-state index is -4.07. The van der Waals surface area contributed by atoms with E-state index in [2.05, 4.69) is 15.4 Å². The van der Waals surface area contributed by atoms with Gasteiger partial charge in [0.1, 0.15) is 5.54 Å². The summed E-state index contributed by atoms with van der Waals surface area (Å²) in [7, 11) is -4.07. The van der Waals surface area contributed by atoms with E-state index in [9.17, 15) is 28.1 Å². The van der Waals surface area contributed by atoms with Crippen LogP contribution in [0.25, 0.3) is 0 Å². The molecule has 3 N–H and O–H groups in total. The van der Waals surface area contributed by atoms with Gasteiger partial charge in [-0.25, -0.2) is 13.2 Å². The molecule has 146 valence electrons. The van der Waals surface area contributed by atoms with E-state index in [1.807, 2.05) is 0 Å². The van der Waals surface area contributed by atoms with E-state index in [4.69, 9.17) is 0 Å². The average Bonchev–Trinajstić information content (AvgIpc) is 2.88. The van der Waals surface area contributed by atoms with E-state index in [1.54, 1.807) is 0 Å². The van der Waals surface area contributed by atoms with Gasteiger partial charge in [0, 0.05) is 17.8 Å². The fourth-order valence-electron chi connectivity index (χ4n) is 2.82. The Labute approximate surface area is 160 Å². The van der Waals surface area contributed by atoms with E-state index in [0.29, 0.717) is 11.1 Å². The number of nitro groups is 1. The zero-order chi connectivity index (χ0) is 20.7. The molecule has 0 radical (unpaired) electrons. The molecule has 0 saturated carbocycles. The summed E-state index contributed by atoms with van der Waals surface area (Å²) in [6, 6.07) is 8.84. The summed E-state index contributed by atoms with van der Waals surface area (Å²) in [5.74, 6) is -0.516. The molecule has 3 rings (SSSR count). The number of rotatable bonds is 5. The maximum Gasteiger partial charge on any atom is 0.322 e. The minimum Gasteiger partial charge on any atom is -0.320 e. The van der Waals surface area contributed by atoms with Gasteiger partial charge in [0.2, 0.25) is 0 Å². The SMILES string of the molecule is Cc1ccc([N+](=O)[O-])cc1S(=O)(=O)Nc1ccc([C@]2(C)NC(=O)NC2=O)cc1. The zero-order valence-electron chi connectivity index (χ0n) is 14.8. The molecule has 1 heterocycles. The Morgan fingerprint density at radius 3 is 2.29 bits per heavy atom. The van der Waals surface area contributed by atoms with Crippen molar-refractivity contribution in [3.05, 3.63) is 63.7 Å². The first-order valence-corrected chi connectivity index (χ1v) is 9.53. The molecule has 0 aromatic heterocycles. The molecule has 2 aromatic carbocycles. The average molecular weight is 404 g/mol. The summed E-state index contributed by atoms with van der Waals surface area (Å²) in [6.45, 7) is 3.06. The summed E-state index contributed by atoms with van der Waals surface area (Å²) < 4.78 is 27.6. The number of anilines is 1. The second-order valence-corrected chi connectivity index (χ2v) is 8.07. The van der Waals surface area contributed by atoms with Gasteiger partial charge in [-0.05, 0) is 37.1 Å². The number of hydrogen-bond acceptors (Lipinski definition) is 6. The lowest BCUT2D eigenvalue weighted by Crippen LogP contribution is -2.40. The maximum atomic E-state index is 12.6. The highest BCUT2D eigenvalue weighted by Gasteiger charge is 2.43. The number of carbonyl (C=O) groups excluding carboxylic acids is 2. The summed E-state index contributed by atoms with van der Waals surface area (Å²) in [5.41, 5.74) is -0.580. The van der Waals surface area contributed by atoms with Crippen LogP contribution in [0.15, 0.2) is 47.4 Å². The number of benzene rings is 2. The van der Waals surface area contributed by atoms with Gasteiger partial charge in [0.05, 0.1) is 9.82 Å². The standard InChI is InChI=1S/C17H16N4O6S/c1-10-3-8-13(21(24)25)9-14(10)28(26,27)20-12-6-4-11(5-7-12)17(2)15(22)18-16(23)19-17/h3-9,20H,1-2H3,(H2,18,19,22,23)/t17-/m0/s1. The first kappa shape index (κ1) is 19.3. The summed E-state index contributed by atoms with van der Waals surface area (Å²) in [5, 5.41) is 15.6. The van der Waals surface area contributed by atoms with Crippen molar-refractivity contribution >= 4 is 33.3 Å². The lowest BCUT2D eigenvalue weighted by atomic mass is 9.92. The van der Waals surface area contributed by atoms with Crippen molar-refractivity contribution in [3.63, 3.8) is 0 Å². The largest absolute Gasteiger partial charge is 0.322 e.